The molecule has 0 bridgehead atoms. The molecule has 4 rings (SSSR count). The highest BCUT2D eigenvalue weighted by atomic mass is 16.6. The van der Waals surface area contributed by atoms with Gasteiger partial charge in [-0.2, -0.15) is 0 Å². The van der Waals surface area contributed by atoms with Gasteiger partial charge in [0, 0.05) is 32.5 Å². The monoisotopic (exact) mass is 390 g/mol. The van der Waals surface area contributed by atoms with Crippen molar-refractivity contribution < 1.29 is 18.8 Å². The number of carbonyl (C=O) groups is 2. The van der Waals surface area contributed by atoms with Gasteiger partial charge in [-0.1, -0.05) is 12.8 Å². The third-order valence-electron chi connectivity index (χ3n) is 6.17. The second-order valence-electron chi connectivity index (χ2n) is 8.17. The Hall–Kier alpha value is -2.09. The molecule has 2 aliphatic heterocycles. The highest BCUT2D eigenvalue weighted by Gasteiger charge is 2.30. The van der Waals surface area contributed by atoms with E-state index in [-0.39, 0.29) is 11.8 Å². The topological polar surface area (TPSA) is 87.9 Å². The van der Waals surface area contributed by atoms with Crippen molar-refractivity contribution in [3.63, 3.8) is 0 Å². The van der Waals surface area contributed by atoms with Crippen LogP contribution >= 0.6 is 0 Å². The van der Waals surface area contributed by atoms with Crippen molar-refractivity contribution in [2.45, 2.75) is 57.9 Å². The Labute approximate surface area is 165 Å². The molecule has 154 valence electrons. The number of likely N-dealkylation sites (tertiary alicyclic amines) is 1. The Kier molecular flexibility index (Phi) is 6.14. The van der Waals surface area contributed by atoms with Crippen LogP contribution < -0.4 is 10.1 Å². The maximum absolute atomic E-state index is 12.6. The lowest BCUT2D eigenvalue weighted by Gasteiger charge is -2.27. The third-order valence-corrected chi connectivity index (χ3v) is 6.17. The summed E-state index contributed by atoms with van der Waals surface area (Å²) in [6.45, 7) is 4.60. The van der Waals surface area contributed by atoms with E-state index in [0.29, 0.717) is 44.2 Å². The molecule has 8 nitrogen and oxygen atoms in total. The fourth-order valence-corrected chi connectivity index (χ4v) is 4.51. The van der Waals surface area contributed by atoms with Gasteiger partial charge in [0.2, 0.25) is 5.91 Å². The van der Waals surface area contributed by atoms with Gasteiger partial charge in [-0.25, -0.2) is 4.79 Å². The van der Waals surface area contributed by atoms with Crippen LogP contribution in [0.5, 0.6) is 5.88 Å². The molecule has 8 heteroatoms. The molecular weight excluding hydrogens is 360 g/mol. The number of ether oxygens (including phenoxy) is 1. The zero-order chi connectivity index (χ0) is 19.3. The maximum Gasteiger partial charge on any atom is 0.414 e. The van der Waals surface area contributed by atoms with E-state index in [1.165, 1.54) is 25.7 Å². The van der Waals surface area contributed by atoms with Gasteiger partial charge in [0.1, 0.15) is 5.76 Å². The number of rotatable bonds is 6. The highest BCUT2D eigenvalue weighted by Crippen LogP contribution is 2.31. The number of carbonyl (C=O) groups excluding carboxylic acids is 2. The van der Waals surface area contributed by atoms with Gasteiger partial charge in [-0.15, -0.1) is 0 Å². The molecule has 3 aliphatic rings. The number of nitrogens with one attached hydrogen (secondary N) is 1. The van der Waals surface area contributed by atoms with Crippen LogP contribution in [0.2, 0.25) is 0 Å². The van der Waals surface area contributed by atoms with Gasteiger partial charge < -0.3 is 24.4 Å². The van der Waals surface area contributed by atoms with Crippen molar-refractivity contribution in [3.8, 4) is 5.88 Å². The van der Waals surface area contributed by atoms with E-state index < -0.39 is 6.09 Å². The van der Waals surface area contributed by atoms with E-state index in [4.69, 9.17) is 9.26 Å². The second kappa shape index (κ2) is 8.94. The third kappa shape index (κ3) is 4.66. The summed E-state index contributed by atoms with van der Waals surface area (Å²) in [6, 6.07) is 0. The predicted octanol–water partition coefficient (Wildman–Crippen LogP) is 2.32. The van der Waals surface area contributed by atoms with Crippen LogP contribution in [0.15, 0.2) is 4.52 Å². The van der Waals surface area contributed by atoms with E-state index in [1.54, 1.807) is 0 Å². The fourth-order valence-electron chi connectivity index (χ4n) is 4.51. The predicted molar refractivity (Wildman–Crippen MR) is 102 cm³/mol. The summed E-state index contributed by atoms with van der Waals surface area (Å²) in [5.41, 5.74) is 0.723. The highest BCUT2D eigenvalue weighted by molar-refractivity contribution is 5.77. The summed E-state index contributed by atoms with van der Waals surface area (Å²) in [5.74, 6) is 1.60. The first-order valence-electron chi connectivity index (χ1n) is 10.6. The van der Waals surface area contributed by atoms with E-state index in [0.717, 1.165) is 38.0 Å². The molecule has 1 aliphatic carbocycles. The molecule has 1 aromatic rings. The van der Waals surface area contributed by atoms with Crippen molar-refractivity contribution in [3.05, 3.63) is 11.3 Å². The first kappa shape index (κ1) is 19.2. The molecule has 28 heavy (non-hydrogen) atoms. The molecule has 0 unspecified atom stereocenters. The Morgan fingerprint density at radius 1 is 1.14 bits per heavy atom. The summed E-state index contributed by atoms with van der Waals surface area (Å²) in [7, 11) is 0. The average molecular weight is 390 g/mol. The summed E-state index contributed by atoms with van der Waals surface area (Å²) in [6.07, 6.45) is 7.94. The number of amides is 2. The van der Waals surface area contributed by atoms with E-state index >= 15 is 0 Å². The molecule has 0 aromatic carbocycles. The molecular formula is C20H30N4O4. The summed E-state index contributed by atoms with van der Waals surface area (Å²) < 4.78 is 10.7. The van der Waals surface area contributed by atoms with Gasteiger partial charge in [-0.3, -0.25) is 4.79 Å². The van der Waals surface area contributed by atoms with Gasteiger partial charge in [0.25, 0.3) is 5.88 Å². The lowest BCUT2D eigenvalue weighted by atomic mass is 10.0. The average Bonchev–Trinajstić information content (AvgIpc) is 3.44. The molecule has 1 N–H and O–H groups in total. The molecule has 1 saturated carbocycles. The molecule has 0 spiro atoms. The minimum atomic E-state index is -0.523. The summed E-state index contributed by atoms with van der Waals surface area (Å²) >= 11 is 0. The SMILES string of the molecule is O=C(NCCN1CCCC1)Oc1noc2c1CN(C(=O)CC1CCCC1)CC2. The normalized spacial score (nSPS) is 20.4. The number of hydrogen-bond acceptors (Lipinski definition) is 6. The molecule has 0 radical (unpaired) electrons. The number of fused-ring (bicyclic) bond motifs is 1. The quantitative estimate of drug-likeness (QED) is 0.802. The van der Waals surface area contributed by atoms with Gasteiger partial charge in [0.15, 0.2) is 0 Å². The zero-order valence-corrected chi connectivity index (χ0v) is 16.5. The van der Waals surface area contributed by atoms with E-state index in [9.17, 15) is 9.59 Å². The number of aromatic nitrogens is 1. The van der Waals surface area contributed by atoms with E-state index in [1.807, 2.05) is 4.90 Å². The Bertz CT molecular complexity index is 692. The van der Waals surface area contributed by atoms with Crippen LogP contribution in [0.4, 0.5) is 4.79 Å². The fraction of sp³-hybridized carbons (Fsp3) is 0.750. The van der Waals surface area contributed by atoms with Crippen molar-refractivity contribution in [1.29, 1.82) is 0 Å². The van der Waals surface area contributed by atoms with Crippen molar-refractivity contribution in [2.24, 2.45) is 5.92 Å². The maximum atomic E-state index is 12.6. The van der Waals surface area contributed by atoms with Crippen molar-refractivity contribution in [1.82, 2.24) is 20.3 Å². The first-order chi connectivity index (χ1) is 13.7. The van der Waals surface area contributed by atoms with Crippen LogP contribution in [-0.4, -0.2) is 59.7 Å². The standard InChI is InChI=1S/C20H30N4O4/c25-18(13-15-5-1-2-6-15)24-11-7-17-16(14-24)19(22-28-17)27-20(26)21-8-12-23-9-3-4-10-23/h15H,1-14H2,(H,21,26). The smallest absolute Gasteiger partial charge is 0.387 e. The summed E-state index contributed by atoms with van der Waals surface area (Å²) in [4.78, 5) is 28.9. The minimum absolute atomic E-state index is 0.180. The first-order valence-corrected chi connectivity index (χ1v) is 10.6. The van der Waals surface area contributed by atoms with Crippen LogP contribution in [0.1, 0.15) is 56.3 Å². The molecule has 0 atom stereocenters. The van der Waals surface area contributed by atoms with Crippen molar-refractivity contribution in [2.75, 3.05) is 32.7 Å². The largest absolute Gasteiger partial charge is 0.414 e. The second-order valence-corrected chi connectivity index (χ2v) is 8.17. The molecule has 2 fully saturated rings. The minimum Gasteiger partial charge on any atom is -0.387 e. The van der Waals surface area contributed by atoms with Gasteiger partial charge in [-0.05, 0) is 49.8 Å². The van der Waals surface area contributed by atoms with Gasteiger partial charge in [0.05, 0.1) is 12.1 Å². The Morgan fingerprint density at radius 2 is 1.93 bits per heavy atom. The number of nitrogens with zero attached hydrogens (tertiary/aromatic N) is 3. The Balaban J connectivity index is 1.27. The van der Waals surface area contributed by atoms with Gasteiger partial charge >= 0.3 is 6.09 Å². The lowest BCUT2D eigenvalue weighted by molar-refractivity contribution is -0.133. The van der Waals surface area contributed by atoms with Crippen LogP contribution in [0, 0.1) is 5.92 Å². The molecule has 3 heterocycles. The number of hydrogen-bond donors (Lipinski definition) is 1. The van der Waals surface area contributed by atoms with E-state index in [2.05, 4.69) is 15.4 Å². The molecule has 2 amide bonds. The summed E-state index contributed by atoms with van der Waals surface area (Å²) in [5, 5.41) is 6.69. The van der Waals surface area contributed by atoms with Crippen LogP contribution in [0.25, 0.3) is 0 Å². The zero-order valence-electron chi connectivity index (χ0n) is 16.5. The molecule has 1 aromatic heterocycles. The van der Waals surface area contributed by atoms with Crippen molar-refractivity contribution >= 4 is 12.0 Å². The lowest BCUT2D eigenvalue weighted by Crippen LogP contribution is -2.37. The van der Waals surface area contributed by atoms with Crippen LogP contribution in [-0.2, 0) is 17.8 Å². The van der Waals surface area contributed by atoms with Crippen LogP contribution in [0.3, 0.4) is 0 Å². The molecule has 1 saturated heterocycles. The Morgan fingerprint density at radius 3 is 2.71 bits per heavy atom.